The Morgan fingerprint density at radius 3 is 2.50 bits per heavy atom. The van der Waals surface area contributed by atoms with E-state index in [4.69, 9.17) is 0 Å². The second-order valence-corrected chi connectivity index (χ2v) is 8.15. The number of nitrogens with one attached hydrogen (secondary N) is 1. The molecule has 2 rings (SSSR count). The molecule has 0 aromatic carbocycles. The molecule has 18 heavy (non-hydrogen) atoms. The fourth-order valence-electron chi connectivity index (χ4n) is 2.70. The maximum atomic E-state index is 12.4. The van der Waals surface area contributed by atoms with Gasteiger partial charge in [0.2, 0.25) is 10.0 Å². The first kappa shape index (κ1) is 14.3. The van der Waals surface area contributed by atoms with E-state index in [2.05, 4.69) is 5.32 Å². The van der Waals surface area contributed by atoms with Gasteiger partial charge in [-0.3, -0.25) is 0 Å². The lowest BCUT2D eigenvalue weighted by Gasteiger charge is -2.30. The Balaban J connectivity index is 1.98. The van der Waals surface area contributed by atoms with Crippen molar-refractivity contribution in [3.05, 3.63) is 0 Å². The zero-order chi connectivity index (χ0) is 13.2. The average Bonchev–Trinajstić information content (AvgIpc) is 3.09. The van der Waals surface area contributed by atoms with Crippen LogP contribution >= 0.6 is 0 Å². The molecule has 1 heterocycles. The van der Waals surface area contributed by atoms with E-state index in [0.717, 1.165) is 38.9 Å². The number of hydrogen-bond donors (Lipinski definition) is 1. The standard InChI is InChI=1S/C13H26N2O2S/c1-11(2)10-18(16,17)15(13-5-6-13)9-12-4-3-7-14-8-12/h11-14H,3-10H2,1-2H3. The van der Waals surface area contributed by atoms with Crippen LogP contribution in [0, 0.1) is 11.8 Å². The topological polar surface area (TPSA) is 49.4 Å². The summed E-state index contributed by atoms with van der Waals surface area (Å²) in [6.45, 7) is 6.74. The molecule has 1 aliphatic heterocycles. The van der Waals surface area contributed by atoms with Gasteiger partial charge in [-0.1, -0.05) is 13.8 Å². The number of nitrogens with zero attached hydrogens (tertiary/aromatic N) is 1. The summed E-state index contributed by atoms with van der Waals surface area (Å²) in [4.78, 5) is 0. The first-order valence-corrected chi connectivity index (χ1v) is 8.80. The summed E-state index contributed by atoms with van der Waals surface area (Å²) in [5, 5.41) is 3.37. The summed E-state index contributed by atoms with van der Waals surface area (Å²) in [6, 6.07) is 0.302. The summed E-state index contributed by atoms with van der Waals surface area (Å²) in [7, 11) is -3.05. The highest BCUT2D eigenvalue weighted by Crippen LogP contribution is 2.31. The second-order valence-electron chi connectivity index (χ2n) is 6.19. The monoisotopic (exact) mass is 274 g/mol. The van der Waals surface area contributed by atoms with E-state index in [1.54, 1.807) is 0 Å². The van der Waals surface area contributed by atoms with Crippen LogP contribution in [-0.2, 0) is 10.0 Å². The number of sulfonamides is 1. The van der Waals surface area contributed by atoms with E-state index in [1.165, 1.54) is 6.42 Å². The van der Waals surface area contributed by atoms with Crippen LogP contribution in [0.1, 0.15) is 39.5 Å². The highest BCUT2D eigenvalue weighted by molar-refractivity contribution is 7.89. The van der Waals surface area contributed by atoms with Gasteiger partial charge in [-0.15, -0.1) is 0 Å². The molecule has 0 spiro atoms. The molecule has 2 fully saturated rings. The zero-order valence-electron chi connectivity index (χ0n) is 11.6. The van der Waals surface area contributed by atoms with E-state index in [1.807, 2.05) is 18.2 Å². The third-order valence-electron chi connectivity index (χ3n) is 3.69. The average molecular weight is 274 g/mol. The largest absolute Gasteiger partial charge is 0.316 e. The maximum absolute atomic E-state index is 12.4. The molecule has 1 N–H and O–H groups in total. The summed E-state index contributed by atoms with van der Waals surface area (Å²) in [6.07, 6.45) is 4.44. The first-order chi connectivity index (χ1) is 8.49. The van der Waals surface area contributed by atoms with E-state index >= 15 is 0 Å². The Hall–Kier alpha value is -0.130. The van der Waals surface area contributed by atoms with Crippen molar-refractivity contribution in [2.75, 3.05) is 25.4 Å². The minimum Gasteiger partial charge on any atom is -0.316 e. The lowest BCUT2D eigenvalue weighted by atomic mass is 10.00. The van der Waals surface area contributed by atoms with Gasteiger partial charge in [0.05, 0.1) is 5.75 Å². The lowest BCUT2D eigenvalue weighted by molar-refractivity contribution is 0.286. The minimum atomic E-state index is -3.05. The molecule has 1 atom stereocenters. The molecule has 1 saturated carbocycles. The molecular formula is C13H26N2O2S. The lowest BCUT2D eigenvalue weighted by Crippen LogP contribution is -2.43. The first-order valence-electron chi connectivity index (χ1n) is 7.19. The van der Waals surface area contributed by atoms with Crippen molar-refractivity contribution in [2.45, 2.75) is 45.6 Å². The number of rotatable bonds is 6. The molecule has 1 saturated heterocycles. The molecular weight excluding hydrogens is 248 g/mol. The van der Waals surface area contributed by atoms with Crippen molar-refractivity contribution in [1.82, 2.24) is 9.62 Å². The van der Waals surface area contributed by atoms with E-state index in [9.17, 15) is 8.42 Å². The van der Waals surface area contributed by atoms with Gasteiger partial charge in [0.1, 0.15) is 0 Å². The van der Waals surface area contributed by atoms with Crippen LogP contribution in [0.4, 0.5) is 0 Å². The molecule has 0 aromatic rings. The molecule has 0 bridgehead atoms. The normalized spacial score (nSPS) is 25.9. The van der Waals surface area contributed by atoms with Crippen LogP contribution in [-0.4, -0.2) is 44.2 Å². The van der Waals surface area contributed by atoms with E-state index in [-0.39, 0.29) is 5.92 Å². The van der Waals surface area contributed by atoms with Crippen molar-refractivity contribution >= 4 is 10.0 Å². The Morgan fingerprint density at radius 2 is 2.00 bits per heavy atom. The quantitative estimate of drug-likeness (QED) is 0.797. The summed E-state index contributed by atoms with van der Waals surface area (Å²) in [5.74, 6) is 1.01. The predicted molar refractivity (Wildman–Crippen MR) is 73.9 cm³/mol. The van der Waals surface area contributed by atoms with Gasteiger partial charge in [0.15, 0.2) is 0 Å². The Morgan fingerprint density at radius 1 is 1.28 bits per heavy atom. The molecule has 1 unspecified atom stereocenters. The van der Waals surface area contributed by atoms with E-state index < -0.39 is 10.0 Å². The van der Waals surface area contributed by atoms with Crippen molar-refractivity contribution in [2.24, 2.45) is 11.8 Å². The zero-order valence-corrected chi connectivity index (χ0v) is 12.4. The maximum Gasteiger partial charge on any atom is 0.214 e. The molecule has 4 nitrogen and oxygen atoms in total. The fraction of sp³-hybridized carbons (Fsp3) is 1.00. The SMILES string of the molecule is CC(C)CS(=O)(=O)N(CC1CCCNC1)C1CC1. The van der Waals surface area contributed by atoms with Gasteiger partial charge in [-0.05, 0) is 50.6 Å². The number of hydrogen-bond acceptors (Lipinski definition) is 3. The molecule has 0 amide bonds. The van der Waals surface area contributed by atoms with Crippen LogP contribution in [0.2, 0.25) is 0 Å². The molecule has 5 heteroatoms. The second kappa shape index (κ2) is 5.88. The van der Waals surface area contributed by atoms with Gasteiger partial charge in [0.25, 0.3) is 0 Å². The third-order valence-corrected chi connectivity index (χ3v) is 5.94. The van der Waals surface area contributed by atoms with Crippen LogP contribution in [0.5, 0.6) is 0 Å². The van der Waals surface area contributed by atoms with Crippen molar-refractivity contribution in [1.29, 1.82) is 0 Å². The molecule has 106 valence electrons. The van der Waals surface area contributed by atoms with Crippen LogP contribution in [0.3, 0.4) is 0 Å². The Bertz CT molecular complexity index is 357. The highest BCUT2D eigenvalue weighted by Gasteiger charge is 2.38. The summed E-state index contributed by atoms with van der Waals surface area (Å²) in [5.41, 5.74) is 0. The molecule has 2 aliphatic rings. The fourth-order valence-corrected chi connectivity index (χ4v) is 4.84. The van der Waals surface area contributed by atoms with Gasteiger partial charge in [-0.25, -0.2) is 8.42 Å². The molecule has 0 radical (unpaired) electrons. The summed E-state index contributed by atoms with van der Waals surface area (Å²) < 4.78 is 26.6. The summed E-state index contributed by atoms with van der Waals surface area (Å²) >= 11 is 0. The third kappa shape index (κ3) is 3.93. The van der Waals surface area contributed by atoms with Crippen molar-refractivity contribution in [3.8, 4) is 0 Å². The van der Waals surface area contributed by atoms with E-state index in [0.29, 0.717) is 17.7 Å². The Labute approximate surface area is 111 Å². The van der Waals surface area contributed by atoms with Crippen LogP contribution < -0.4 is 5.32 Å². The van der Waals surface area contributed by atoms with Gasteiger partial charge in [0, 0.05) is 12.6 Å². The van der Waals surface area contributed by atoms with Gasteiger partial charge < -0.3 is 5.32 Å². The van der Waals surface area contributed by atoms with Crippen molar-refractivity contribution < 1.29 is 8.42 Å². The van der Waals surface area contributed by atoms with Gasteiger partial charge >= 0.3 is 0 Å². The Kier molecular flexibility index (Phi) is 4.67. The minimum absolute atomic E-state index is 0.209. The smallest absolute Gasteiger partial charge is 0.214 e. The van der Waals surface area contributed by atoms with Crippen LogP contribution in [0.15, 0.2) is 0 Å². The number of piperidine rings is 1. The van der Waals surface area contributed by atoms with Crippen molar-refractivity contribution in [3.63, 3.8) is 0 Å². The molecule has 0 aromatic heterocycles. The van der Waals surface area contributed by atoms with Gasteiger partial charge in [-0.2, -0.15) is 4.31 Å². The predicted octanol–water partition coefficient (Wildman–Crippen LogP) is 1.44. The highest BCUT2D eigenvalue weighted by atomic mass is 32.2. The molecule has 1 aliphatic carbocycles. The van der Waals surface area contributed by atoms with Crippen LogP contribution in [0.25, 0.3) is 0 Å².